The first-order valence-corrected chi connectivity index (χ1v) is 7.82. The molecule has 112 valence electrons. The lowest BCUT2D eigenvalue weighted by atomic mass is 10.1. The fraction of sp³-hybridized carbons (Fsp3) is 0.286. The number of hydrogen-bond acceptors (Lipinski definition) is 4. The summed E-state index contributed by atoms with van der Waals surface area (Å²) >= 11 is 13.5. The van der Waals surface area contributed by atoms with Gasteiger partial charge < -0.3 is 11.1 Å². The van der Waals surface area contributed by atoms with Crippen molar-refractivity contribution in [3.8, 4) is 0 Å². The van der Waals surface area contributed by atoms with E-state index in [1.807, 2.05) is 12.1 Å². The first-order chi connectivity index (χ1) is 9.77. The number of carbonyl (C=O) groups excluding carboxylic acids is 1. The molecule has 1 aromatic carbocycles. The number of carbonyl (C=O) groups is 1. The number of amides is 1. The van der Waals surface area contributed by atoms with E-state index in [-0.39, 0.29) is 5.91 Å². The Kier molecular flexibility index (Phi) is 4.88. The maximum Gasteiger partial charge on any atom is 0.245 e. The highest BCUT2D eigenvalue weighted by Crippen LogP contribution is 2.29. The van der Waals surface area contributed by atoms with Gasteiger partial charge >= 0.3 is 0 Å². The van der Waals surface area contributed by atoms with Crippen molar-refractivity contribution in [2.45, 2.75) is 25.8 Å². The van der Waals surface area contributed by atoms with Gasteiger partial charge in [0, 0.05) is 17.5 Å². The number of halogens is 2. The number of rotatable bonds is 4. The molecule has 1 aromatic heterocycles. The van der Waals surface area contributed by atoms with Crippen molar-refractivity contribution in [2.24, 2.45) is 5.73 Å². The van der Waals surface area contributed by atoms with Crippen LogP contribution in [0.2, 0.25) is 10.0 Å². The highest BCUT2D eigenvalue weighted by molar-refractivity contribution is 7.15. The molecule has 0 atom stereocenters. The van der Waals surface area contributed by atoms with Crippen molar-refractivity contribution in [3.05, 3.63) is 44.9 Å². The molecule has 21 heavy (non-hydrogen) atoms. The SMILES string of the molecule is CC(C)(N)C(=O)Nc1ncc(Cc2cccc(Cl)c2Cl)s1. The normalized spacial score (nSPS) is 11.5. The number of nitrogens with two attached hydrogens (primary N) is 1. The fourth-order valence-electron chi connectivity index (χ4n) is 1.58. The lowest BCUT2D eigenvalue weighted by Gasteiger charge is -2.16. The number of aromatic nitrogens is 1. The van der Waals surface area contributed by atoms with Crippen molar-refractivity contribution in [1.82, 2.24) is 4.98 Å². The van der Waals surface area contributed by atoms with Crippen LogP contribution in [0.25, 0.3) is 0 Å². The number of thiazole rings is 1. The summed E-state index contributed by atoms with van der Waals surface area (Å²) in [6, 6.07) is 5.51. The Hall–Kier alpha value is -1.14. The molecule has 4 nitrogen and oxygen atoms in total. The van der Waals surface area contributed by atoms with Crippen LogP contribution in [-0.4, -0.2) is 16.4 Å². The van der Waals surface area contributed by atoms with Gasteiger partial charge in [0.1, 0.15) is 0 Å². The van der Waals surface area contributed by atoms with E-state index in [9.17, 15) is 4.79 Å². The molecule has 0 fully saturated rings. The molecule has 0 aliphatic carbocycles. The lowest BCUT2D eigenvalue weighted by Crippen LogP contribution is -2.45. The molecule has 0 aliphatic heterocycles. The van der Waals surface area contributed by atoms with E-state index in [0.29, 0.717) is 21.6 Å². The predicted molar refractivity (Wildman–Crippen MR) is 88.3 cm³/mol. The molecule has 2 rings (SSSR count). The second-order valence-corrected chi connectivity index (χ2v) is 7.10. The molecule has 0 unspecified atom stereocenters. The second kappa shape index (κ2) is 6.32. The molecule has 0 aliphatic rings. The first-order valence-electron chi connectivity index (χ1n) is 6.25. The average Bonchev–Trinajstić information content (AvgIpc) is 2.81. The van der Waals surface area contributed by atoms with Gasteiger partial charge in [0.05, 0.1) is 15.6 Å². The topological polar surface area (TPSA) is 68.0 Å². The van der Waals surface area contributed by atoms with Gasteiger partial charge in [-0.3, -0.25) is 4.79 Å². The number of benzene rings is 1. The smallest absolute Gasteiger partial charge is 0.245 e. The van der Waals surface area contributed by atoms with E-state index >= 15 is 0 Å². The lowest BCUT2D eigenvalue weighted by molar-refractivity contribution is -0.120. The van der Waals surface area contributed by atoms with Crippen LogP contribution in [-0.2, 0) is 11.2 Å². The Bertz CT molecular complexity index is 664. The predicted octanol–water partition coefficient (Wildman–Crippen LogP) is 3.72. The molecule has 0 spiro atoms. The summed E-state index contributed by atoms with van der Waals surface area (Å²) in [6.45, 7) is 3.28. The summed E-state index contributed by atoms with van der Waals surface area (Å²) in [5.41, 5.74) is 5.71. The summed E-state index contributed by atoms with van der Waals surface area (Å²) < 4.78 is 0. The Balaban J connectivity index is 2.10. The van der Waals surface area contributed by atoms with Crippen molar-refractivity contribution in [2.75, 3.05) is 5.32 Å². The van der Waals surface area contributed by atoms with Gasteiger partial charge in [-0.25, -0.2) is 4.98 Å². The van der Waals surface area contributed by atoms with Crippen LogP contribution < -0.4 is 11.1 Å². The number of hydrogen-bond donors (Lipinski definition) is 2. The second-order valence-electron chi connectivity index (χ2n) is 5.20. The standard InChI is InChI=1S/C14H15Cl2N3OS/c1-14(2,17)12(20)19-13-18-7-9(21-13)6-8-4-3-5-10(15)11(8)16/h3-5,7H,6,17H2,1-2H3,(H,18,19,20). The summed E-state index contributed by atoms with van der Waals surface area (Å²) in [4.78, 5) is 16.9. The number of nitrogens with zero attached hydrogens (tertiary/aromatic N) is 1. The van der Waals surface area contributed by atoms with Gasteiger partial charge in [0.15, 0.2) is 5.13 Å². The monoisotopic (exact) mass is 343 g/mol. The highest BCUT2D eigenvalue weighted by Gasteiger charge is 2.22. The van der Waals surface area contributed by atoms with Crippen molar-refractivity contribution in [3.63, 3.8) is 0 Å². The fourth-order valence-corrected chi connectivity index (χ4v) is 2.80. The Morgan fingerprint density at radius 2 is 2.14 bits per heavy atom. The number of nitrogens with one attached hydrogen (secondary N) is 1. The van der Waals surface area contributed by atoms with Crippen LogP contribution in [0.5, 0.6) is 0 Å². The van der Waals surface area contributed by atoms with Crippen molar-refractivity contribution < 1.29 is 4.79 Å². The minimum Gasteiger partial charge on any atom is -0.318 e. The summed E-state index contributed by atoms with van der Waals surface area (Å²) in [5.74, 6) is -0.274. The average molecular weight is 344 g/mol. The van der Waals surface area contributed by atoms with Gasteiger partial charge in [0.2, 0.25) is 5.91 Å². The zero-order chi connectivity index (χ0) is 15.6. The van der Waals surface area contributed by atoms with E-state index in [1.54, 1.807) is 26.1 Å². The van der Waals surface area contributed by atoms with Crippen molar-refractivity contribution >= 4 is 45.6 Å². The molecule has 7 heteroatoms. The van der Waals surface area contributed by atoms with Crippen LogP contribution in [0, 0.1) is 0 Å². The van der Waals surface area contributed by atoms with Crippen LogP contribution in [0.15, 0.2) is 24.4 Å². The van der Waals surface area contributed by atoms with Crippen LogP contribution >= 0.6 is 34.5 Å². The van der Waals surface area contributed by atoms with Gasteiger partial charge in [0.25, 0.3) is 0 Å². The van der Waals surface area contributed by atoms with Crippen LogP contribution in [0.4, 0.5) is 5.13 Å². The van der Waals surface area contributed by atoms with Crippen LogP contribution in [0.3, 0.4) is 0 Å². The minimum atomic E-state index is -0.942. The van der Waals surface area contributed by atoms with E-state index < -0.39 is 5.54 Å². The molecule has 1 amide bonds. The molecule has 0 radical (unpaired) electrons. The third kappa shape index (κ3) is 4.17. The Morgan fingerprint density at radius 1 is 1.43 bits per heavy atom. The Morgan fingerprint density at radius 3 is 2.81 bits per heavy atom. The van der Waals surface area contributed by atoms with Gasteiger partial charge in [-0.05, 0) is 25.5 Å². The van der Waals surface area contributed by atoms with E-state index in [2.05, 4.69) is 10.3 Å². The zero-order valence-corrected chi connectivity index (χ0v) is 13.9. The third-order valence-corrected chi connectivity index (χ3v) is 4.53. The molecule has 0 bridgehead atoms. The molecule has 3 N–H and O–H groups in total. The van der Waals surface area contributed by atoms with Crippen LogP contribution in [0.1, 0.15) is 24.3 Å². The first kappa shape index (κ1) is 16.2. The maximum absolute atomic E-state index is 11.8. The number of anilines is 1. The summed E-state index contributed by atoms with van der Waals surface area (Å²) in [7, 11) is 0. The quantitative estimate of drug-likeness (QED) is 0.888. The van der Waals surface area contributed by atoms with E-state index in [1.165, 1.54) is 11.3 Å². The van der Waals surface area contributed by atoms with Crippen molar-refractivity contribution in [1.29, 1.82) is 0 Å². The molecule has 2 aromatic rings. The van der Waals surface area contributed by atoms with Gasteiger partial charge in [-0.15, -0.1) is 11.3 Å². The molecular formula is C14H15Cl2N3OS. The van der Waals surface area contributed by atoms with E-state index in [0.717, 1.165) is 10.4 Å². The summed E-state index contributed by atoms with van der Waals surface area (Å²) in [6.07, 6.45) is 2.32. The largest absolute Gasteiger partial charge is 0.318 e. The third-order valence-electron chi connectivity index (χ3n) is 2.76. The van der Waals surface area contributed by atoms with Gasteiger partial charge in [-0.1, -0.05) is 35.3 Å². The van der Waals surface area contributed by atoms with Gasteiger partial charge in [-0.2, -0.15) is 0 Å². The van der Waals surface area contributed by atoms with E-state index in [4.69, 9.17) is 28.9 Å². The highest BCUT2D eigenvalue weighted by atomic mass is 35.5. The minimum absolute atomic E-state index is 0.274. The molecule has 1 heterocycles. The Labute approximate surface area is 137 Å². The molecular weight excluding hydrogens is 329 g/mol. The zero-order valence-electron chi connectivity index (χ0n) is 11.6. The summed E-state index contributed by atoms with van der Waals surface area (Å²) in [5, 5.41) is 4.29. The molecule has 0 saturated carbocycles. The maximum atomic E-state index is 11.8. The molecule has 0 saturated heterocycles.